The zero-order valence-electron chi connectivity index (χ0n) is 22.4. The van der Waals surface area contributed by atoms with Crippen LogP contribution in [0.5, 0.6) is 0 Å². The molecule has 32 heavy (non-hydrogen) atoms. The summed E-state index contributed by atoms with van der Waals surface area (Å²) >= 11 is 0. The molecule has 0 saturated carbocycles. The van der Waals surface area contributed by atoms with Gasteiger partial charge in [-0.3, -0.25) is 5.32 Å². The van der Waals surface area contributed by atoms with Gasteiger partial charge in [-0.25, -0.2) is 0 Å². The van der Waals surface area contributed by atoms with Gasteiger partial charge in [0.1, 0.15) is 0 Å². The van der Waals surface area contributed by atoms with Crippen LogP contribution in [0.15, 0.2) is 65.5 Å². The predicted molar refractivity (Wildman–Crippen MR) is 143 cm³/mol. The van der Waals surface area contributed by atoms with E-state index in [1.165, 1.54) is 22.3 Å². The molecular weight excluding hydrogens is 394 g/mol. The summed E-state index contributed by atoms with van der Waals surface area (Å²) in [6.45, 7) is 26.1. The lowest BCUT2D eigenvalue weighted by Gasteiger charge is -2.35. The zero-order chi connectivity index (χ0) is 25.3. The van der Waals surface area contributed by atoms with Crippen LogP contribution in [-0.4, -0.2) is 29.1 Å². The van der Waals surface area contributed by atoms with Crippen LogP contribution in [0.3, 0.4) is 0 Å². The average molecular weight is 446 g/mol. The molecule has 0 amide bonds. The Morgan fingerprint density at radius 3 is 2.16 bits per heavy atom. The van der Waals surface area contributed by atoms with Crippen molar-refractivity contribution in [1.29, 1.82) is 0 Å². The molecule has 0 aliphatic heterocycles. The summed E-state index contributed by atoms with van der Waals surface area (Å²) < 4.78 is 0. The first kappa shape index (κ1) is 32.5. The fourth-order valence-electron chi connectivity index (χ4n) is 4.54. The SMILES string of the molecule is C=C/C=C/C1=C(C)CC(NCO)CC1C.C=C=CC1=C(C)CC(O)CC1(C)C.CC.CC. The molecule has 2 aliphatic carbocycles. The van der Waals surface area contributed by atoms with Gasteiger partial charge in [0.15, 0.2) is 0 Å². The Morgan fingerprint density at radius 2 is 1.72 bits per heavy atom. The van der Waals surface area contributed by atoms with Crippen molar-refractivity contribution in [3.05, 3.63) is 65.5 Å². The van der Waals surface area contributed by atoms with Gasteiger partial charge in [0.2, 0.25) is 0 Å². The van der Waals surface area contributed by atoms with Crippen molar-refractivity contribution < 1.29 is 10.2 Å². The third-order valence-electron chi connectivity index (χ3n) is 5.73. The second-order valence-corrected chi connectivity index (χ2v) is 8.72. The van der Waals surface area contributed by atoms with Gasteiger partial charge in [-0.05, 0) is 68.1 Å². The van der Waals surface area contributed by atoms with Crippen LogP contribution < -0.4 is 5.32 Å². The van der Waals surface area contributed by atoms with E-state index in [1.54, 1.807) is 0 Å². The molecular formula is C29H51NO2. The van der Waals surface area contributed by atoms with Gasteiger partial charge in [-0.1, -0.05) is 91.0 Å². The Hall–Kier alpha value is -1.64. The van der Waals surface area contributed by atoms with Crippen LogP contribution in [0, 0.1) is 11.3 Å². The van der Waals surface area contributed by atoms with Crippen LogP contribution in [-0.2, 0) is 0 Å². The summed E-state index contributed by atoms with van der Waals surface area (Å²) in [7, 11) is 0. The number of allylic oxidation sites excluding steroid dienone is 6. The summed E-state index contributed by atoms with van der Waals surface area (Å²) in [6, 6.07) is 0.422. The van der Waals surface area contributed by atoms with E-state index in [0.29, 0.717) is 12.0 Å². The highest BCUT2D eigenvalue weighted by atomic mass is 16.3. The van der Waals surface area contributed by atoms with Crippen LogP contribution in [0.25, 0.3) is 0 Å². The van der Waals surface area contributed by atoms with Gasteiger partial charge in [-0.15, -0.1) is 5.73 Å². The average Bonchev–Trinajstić information content (AvgIpc) is 2.73. The first-order valence-corrected chi connectivity index (χ1v) is 12.2. The van der Waals surface area contributed by atoms with Crippen LogP contribution >= 0.6 is 0 Å². The lowest BCUT2D eigenvalue weighted by Crippen LogP contribution is -2.34. The van der Waals surface area contributed by atoms with Crippen molar-refractivity contribution in [3.8, 4) is 0 Å². The van der Waals surface area contributed by atoms with E-state index < -0.39 is 0 Å². The van der Waals surface area contributed by atoms with Gasteiger partial charge in [0.25, 0.3) is 0 Å². The highest BCUT2D eigenvalue weighted by Crippen LogP contribution is 2.40. The number of rotatable bonds is 5. The molecule has 0 aromatic carbocycles. The fraction of sp³-hybridized carbons (Fsp3) is 0.621. The summed E-state index contributed by atoms with van der Waals surface area (Å²) in [5, 5.41) is 21.6. The maximum absolute atomic E-state index is 9.62. The lowest BCUT2D eigenvalue weighted by molar-refractivity contribution is 0.116. The van der Waals surface area contributed by atoms with E-state index in [4.69, 9.17) is 5.11 Å². The Bertz CT molecular complexity index is 675. The van der Waals surface area contributed by atoms with Crippen molar-refractivity contribution in [2.45, 2.75) is 100 Å². The number of hydrogen-bond acceptors (Lipinski definition) is 3. The summed E-state index contributed by atoms with van der Waals surface area (Å²) in [5.74, 6) is 0.555. The Labute approximate surface area is 199 Å². The van der Waals surface area contributed by atoms with Crippen molar-refractivity contribution >= 4 is 0 Å². The van der Waals surface area contributed by atoms with E-state index in [1.807, 2.05) is 45.9 Å². The molecule has 3 N–H and O–H groups in total. The van der Waals surface area contributed by atoms with E-state index in [-0.39, 0.29) is 18.2 Å². The molecule has 0 spiro atoms. The van der Waals surface area contributed by atoms with Crippen molar-refractivity contribution in [1.82, 2.24) is 5.32 Å². The van der Waals surface area contributed by atoms with Crippen molar-refractivity contribution in [2.24, 2.45) is 11.3 Å². The molecule has 0 aromatic rings. The van der Waals surface area contributed by atoms with Crippen molar-refractivity contribution in [2.75, 3.05) is 6.73 Å². The quantitative estimate of drug-likeness (QED) is 0.237. The second-order valence-electron chi connectivity index (χ2n) is 8.72. The Balaban J connectivity index is 0. The number of aliphatic hydroxyl groups is 2. The maximum Gasteiger partial charge on any atom is 0.0933 e. The number of hydrogen-bond donors (Lipinski definition) is 3. The van der Waals surface area contributed by atoms with Crippen LogP contribution in [0.4, 0.5) is 0 Å². The van der Waals surface area contributed by atoms with Crippen molar-refractivity contribution in [3.63, 3.8) is 0 Å². The topological polar surface area (TPSA) is 52.5 Å². The molecule has 2 aliphatic rings. The fourth-order valence-corrected chi connectivity index (χ4v) is 4.54. The monoisotopic (exact) mass is 445 g/mol. The number of nitrogens with one attached hydrogen (secondary N) is 1. The molecule has 0 saturated heterocycles. The van der Waals surface area contributed by atoms with Gasteiger partial charge >= 0.3 is 0 Å². The minimum absolute atomic E-state index is 0.0619. The van der Waals surface area contributed by atoms with Gasteiger partial charge in [0.05, 0.1) is 12.8 Å². The number of aliphatic hydroxyl groups excluding tert-OH is 2. The molecule has 0 radical (unpaired) electrons. The predicted octanol–water partition coefficient (Wildman–Crippen LogP) is 7.26. The van der Waals surface area contributed by atoms with Crippen LogP contribution in [0.2, 0.25) is 0 Å². The normalized spacial score (nSPS) is 24.2. The summed E-state index contributed by atoms with van der Waals surface area (Å²) in [5.41, 5.74) is 8.27. The Kier molecular flexibility index (Phi) is 18.2. The molecule has 0 heterocycles. The van der Waals surface area contributed by atoms with E-state index in [9.17, 15) is 5.11 Å². The highest BCUT2D eigenvalue weighted by molar-refractivity contribution is 5.33. The molecule has 3 unspecified atom stereocenters. The zero-order valence-corrected chi connectivity index (χ0v) is 22.4. The third kappa shape index (κ3) is 11.3. The molecule has 3 heteroatoms. The maximum atomic E-state index is 9.62. The summed E-state index contributed by atoms with van der Waals surface area (Å²) in [4.78, 5) is 0. The molecule has 3 nitrogen and oxygen atoms in total. The molecule has 3 atom stereocenters. The molecule has 0 fully saturated rings. The van der Waals surface area contributed by atoms with Gasteiger partial charge in [-0.2, -0.15) is 0 Å². The second kappa shape index (κ2) is 17.9. The minimum atomic E-state index is -0.183. The van der Waals surface area contributed by atoms with E-state index in [0.717, 1.165) is 25.7 Å². The Morgan fingerprint density at radius 1 is 1.12 bits per heavy atom. The highest BCUT2D eigenvalue weighted by Gasteiger charge is 2.31. The first-order chi connectivity index (χ1) is 15.2. The third-order valence-corrected chi connectivity index (χ3v) is 5.73. The van der Waals surface area contributed by atoms with E-state index >= 15 is 0 Å². The standard InChI is InChI=1S/C13H21NO.C12H18O.2C2H6/c1-4-5-6-13-10(2)7-12(14-9-15)8-11(13)3;1-5-6-11-9(2)7-10(13)8-12(11,3)4;2*1-2/h4-6,10,12,14-15H,1,7-9H2,2-3H3;6,10,13H,1,7-8H2,2-4H3;2*1-2H3/b6-5+;;;. The lowest BCUT2D eigenvalue weighted by atomic mass is 9.71. The summed E-state index contributed by atoms with van der Waals surface area (Å²) in [6.07, 6.45) is 11.5. The van der Waals surface area contributed by atoms with Gasteiger partial charge in [0, 0.05) is 6.04 Å². The molecule has 0 aromatic heterocycles. The molecule has 2 rings (SSSR count). The largest absolute Gasteiger partial charge is 0.393 e. The minimum Gasteiger partial charge on any atom is -0.393 e. The van der Waals surface area contributed by atoms with Gasteiger partial charge < -0.3 is 10.2 Å². The van der Waals surface area contributed by atoms with Crippen LogP contribution in [0.1, 0.15) is 88.0 Å². The smallest absolute Gasteiger partial charge is 0.0933 e. The van der Waals surface area contributed by atoms with E-state index in [2.05, 4.69) is 64.9 Å². The molecule has 184 valence electrons. The first-order valence-electron chi connectivity index (χ1n) is 12.2. The molecule has 0 bridgehead atoms.